The third-order valence-electron chi connectivity index (χ3n) is 4.06. The molecule has 130 valence electrons. The topological polar surface area (TPSA) is 101 Å². The van der Waals surface area contributed by atoms with Crippen molar-refractivity contribution >= 4 is 49.3 Å². The van der Waals surface area contributed by atoms with Crippen LogP contribution in [0.25, 0.3) is 10.8 Å². The maximum atomic E-state index is 12.8. The zero-order valence-electron chi connectivity index (χ0n) is 13.1. The van der Waals surface area contributed by atoms with Crippen molar-refractivity contribution < 1.29 is 23.1 Å². The van der Waals surface area contributed by atoms with E-state index in [4.69, 9.17) is 5.11 Å². The second kappa shape index (κ2) is 5.86. The predicted octanol–water partition coefficient (Wildman–Crippen LogP) is 3.58. The normalized spacial score (nSPS) is 13.2. The minimum absolute atomic E-state index is 0.0637. The van der Waals surface area contributed by atoms with E-state index < -0.39 is 16.0 Å². The van der Waals surface area contributed by atoms with Gasteiger partial charge in [0.25, 0.3) is 10.0 Å². The molecule has 0 unspecified atom stereocenters. The smallest absolute Gasteiger partial charge is 0.335 e. The predicted molar refractivity (Wildman–Crippen MR) is 98.3 cm³/mol. The fraction of sp³-hybridized carbons (Fsp3) is 0. The van der Waals surface area contributed by atoms with Crippen molar-refractivity contribution in [1.82, 2.24) is 0 Å². The lowest BCUT2D eigenvalue weighted by atomic mass is 10.1. The summed E-state index contributed by atoms with van der Waals surface area (Å²) in [5, 5.41) is 9.94. The molecule has 4 rings (SSSR count). The molecule has 3 aromatic rings. The van der Waals surface area contributed by atoms with E-state index in [1.807, 2.05) is 0 Å². The Hall–Kier alpha value is -2.84. The second-order valence-corrected chi connectivity index (χ2v) is 8.33. The highest BCUT2D eigenvalue weighted by atomic mass is 32.2. The van der Waals surface area contributed by atoms with Gasteiger partial charge in [-0.15, -0.1) is 0 Å². The highest BCUT2D eigenvalue weighted by Crippen LogP contribution is 2.42. The molecule has 0 saturated heterocycles. The molecule has 0 fully saturated rings. The van der Waals surface area contributed by atoms with Crippen LogP contribution >= 0.6 is 11.8 Å². The van der Waals surface area contributed by atoms with Gasteiger partial charge in [-0.2, -0.15) is 0 Å². The van der Waals surface area contributed by atoms with Crippen molar-refractivity contribution in [3.8, 4) is 0 Å². The van der Waals surface area contributed by atoms with Crippen LogP contribution in [0.4, 0.5) is 5.69 Å². The number of hydrogen-bond donors (Lipinski definition) is 2. The van der Waals surface area contributed by atoms with Crippen LogP contribution in [0.5, 0.6) is 0 Å². The summed E-state index contributed by atoms with van der Waals surface area (Å²) >= 11 is 1.09. The van der Waals surface area contributed by atoms with Crippen LogP contribution in [0.15, 0.2) is 64.4 Å². The molecule has 2 N–H and O–H groups in total. The van der Waals surface area contributed by atoms with Crippen LogP contribution in [-0.4, -0.2) is 24.6 Å². The third-order valence-corrected chi connectivity index (χ3v) is 6.46. The third kappa shape index (κ3) is 2.63. The SMILES string of the molecule is O=C(O)c1ccc(NS(=O)(=O)c2ccc3c4c(cccc24)C(=O)S3)cc1. The van der Waals surface area contributed by atoms with E-state index >= 15 is 0 Å². The van der Waals surface area contributed by atoms with Crippen LogP contribution < -0.4 is 4.72 Å². The molecule has 6 nitrogen and oxygen atoms in total. The maximum absolute atomic E-state index is 12.8. The van der Waals surface area contributed by atoms with E-state index in [1.165, 1.54) is 30.3 Å². The van der Waals surface area contributed by atoms with E-state index in [0.29, 0.717) is 16.3 Å². The van der Waals surface area contributed by atoms with Gasteiger partial charge in [0.2, 0.25) is 5.12 Å². The van der Waals surface area contributed by atoms with Gasteiger partial charge in [0, 0.05) is 26.9 Å². The average molecular weight is 385 g/mol. The Morgan fingerprint density at radius 1 is 1.00 bits per heavy atom. The minimum atomic E-state index is -3.91. The molecule has 26 heavy (non-hydrogen) atoms. The first kappa shape index (κ1) is 16.6. The average Bonchev–Trinajstić information content (AvgIpc) is 2.93. The number of aromatic carboxylic acids is 1. The Morgan fingerprint density at radius 3 is 2.42 bits per heavy atom. The summed E-state index contributed by atoms with van der Waals surface area (Å²) in [6, 6.07) is 13.5. The van der Waals surface area contributed by atoms with E-state index in [2.05, 4.69) is 4.72 Å². The zero-order chi connectivity index (χ0) is 18.5. The summed E-state index contributed by atoms with van der Waals surface area (Å²) in [4.78, 5) is 23.7. The molecule has 0 amide bonds. The Labute approximate surface area is 152 Å². The molecule has 0 radical (unpaired) electrons. The summed E-state index contributed by atoms with van der Waals surface area (Å²) in [5.41, 5.74) is 0.822. The molecule has 1 heterocycles. The van der Waals surface area contributed by atoms with Crippen molar-refractivity contribution in [2.24, 2.45) is 0 Å². The Kier molecular flexibility index (Phi) is 3.74. The zero-order valence-corrected chi connectivity index (χ0v) is 14.7. The van der Waals surface area contributed by atoms with Crippen LogP contribution in [0.1, 0.15) is 20.7 Å². The van der Waals surface area contributed by atoms with Gasteiger partial charge in [-0.1, -0.05) is 12.1 Å². The van der Waals surface area contributed by atoms with E-state index in [1.54, 1.807) is 24.3 Å². The molecule has 3 aromatic carbocycles. The van der Waals surface area contributed by atoms with Gasteiger partial charge in [-0.05, 0) is 54.2 Å². The lowest BCUT2D eigenvalue weighted by Gasteiger charge is -2.11. The minimum Gasteiger partial charge on any atom is -0.478 e. The summed E-state index contributed by atoms with van der Waals surface area (Å²) in [6.45, 7) is 0. The molecule has 0 aliphatic carbocycles. The standard InChI is InChI=1S/C18H11NO5S2/c20-17(21)10-4-6-11(7-5-10)19-26(23,24)15-9-8-14-16-12(15)2-1-3-13(16)18(22)25-14/h1-9,19H,(H,20,21). The first-order valence-corrected chi connectivity index (χ1v) is 9.81. The van der Waals surface area contributed by atoms with E-state index in [9.17, 15) is 18.0 Å². The highest BCUT2D eigenvalue weighted by molar-refractivity contribution is 8.14. The number of sulfonamides is 1. The molecule has 0 aromatic heterocycles. The largest absolute Gasteiger partial charge is 0.478 e. The van der Waals surface area contributed by atoms with Crippen LogP contribution in [0, 0.1) is 0 Å². The van der Waals surface area contributed by atoms with E-state index in [0.717, 1.165) is 16.7 Å². The first-order valence-electron chi connectivity index (χ1n) is 7.51. The lowest BCUT2D eigenvalue weighted by molar-refractivity contribution is 0.0696. The van der Waals surface area contributed by atoms with Gasteiger partial charge in [0.05, 0.1) is 10.5 Å². The molecule has 0 atom stereocenters. The van der Waals surface area contributed by atoms with Crippen molar-refractivity contribution in [2.45, 2.75) is 9.79 Å². The van der Waals surface area contributed by atoms with Gasteiger partial charge in [-0.3, -0.25) is 9.52 Å². The Balaban J connectivity index is 1.79. The van der Waals surface area contributed by atoms with Crippen molar-refractivity contribution in [1.29, 1.82) is 0 Å². The summed E-state index contributed by atoms with van der Waals surface area (Å²) < 4.78 is 28.1. The number of rotatable bonds is 4. The molecular weight excluding hydrogens is 374 g/mol. The van der Waals surface area contributed by atoms with Crippen molar-refractivity contribution in [2.75, 3.05) is 4.72 Å². The molecular formula is C18H11NO5S2. The van der Waals surface area contributed by atoms with Gasteiger partial charge < -0.3 is 5.11 Å². The number of carboxylic acids is 1. The first-order chi connectivity index (χ1) is 12.4. The quantitative estimate of drug-likeness (QED) is 0.712. The fourth-order valence-electron chi connectivity index (χ4n) is 2.88. The summed E-state index contributed by atoms with van der Waals surface area (Å²) in [5.74, 6) is -1.09. The van der Waals surface area contributed by atoms with Crippen LogP contribution in [0.3, 0.4) is 0 Å². The van der Waals surface area contributed by atoms with Gasteiger partial charge in [0.15, 0.2) is 0 Å². The number of hydrogen-bond acceptors (Lipinski definition) is 5. The van der Waals surface area contributed by atoms with Gasteiger partial charge in [0.1, 0.15) is 0 Å². The van der Waals surface area contributed by atoms with Gasteiger partial charge in [-0.25, -0.2) is 13.2 Å². The maximum Gasteiger partial charge on any atom is 0.335 e. The highest BCUT2D eigenvalue weighted by Gasteiger charge is 2.27. The van der Waals surface area contributed by atoms with E-state index in [-0.39, 0.29) is 21.3 Å². The molecule has 0 bridgehead atoms. The van der Waals surface area contributed by atoms with Crippen LogP contribution in [-0.2, 0) is 10.0 Å². The number of carbonyl (C=O) groups excluding carboxylic acids is 1. The molecule has 8 heteroatoms. The summed E-state index contributed by atoms with van der Waals surface area (Å²) in [7, 11) is -3.91. The van der Waals surface area contributed by atoms with Crippen molar-refractivity contribution in [3.63, 3.8) is 0 Å². The number of benzene rings is 3. The molecule has 0 spiro atoms. The second-order valence-electron chi connectivity index (χ2n) is 5.67. The molecule has 1 aliphatic heterocycles. The number of anilines is 1. The Bertz CT molecular complexity index is 1180. The number of carbonyl (C=O) groups is 2. The summed E-state index contributed by atoms with van der Waals surface area (Å²) in [6.07, 6.45) is 0. The monoisotopic (exact) mass is 385 g/mol. The molecule has 1 aliphatic rings. The number of carboxylic acid groups (broad SMARTS) is 1. The van der Waals surface area contributed by atoms with Gasteiger partial charge >= 0.3 is 5.97 Å². The fourth-order valence-corrected chi connectivity index (χ4v) is 5.08. The van der Waals surface area contributed by atoms with Crippen molar-refractivity contribution in [3.05, 3.63) is 65.7 Å². The molecule has 0 saturated carbocycles. The Morgan fingerprint density at radius 2 is 1.73 bits per heavy atom. The number of nitrogens with one attached hydrogen (secondary N) is 1. The lowest BCUT2D eigenvalue weighted by Crippen LogP contribution is -2.13. The van der Waals surface area contributed by atoms with Crippen LogP contribution in [0.2, 0.25) is 0 Å². The number of thioether (sulfide) groups is 1.